The van der Waals surface area contributed by atoms with Crippen LogP contribution in [0.25, 0.3) is 0 Å². The van der Waals surface area contributed by atoms with Crippen molar-refractivity contribution in [1.29, 1.82) is 0 Å². The van der Waals surface area contributed by atoms with Crippen LogP contribution in [0.2, 0.25) is 0 Å². The zero-order valence-corrected chi connectivity index (χ0v) is 21.7. The highest BCUT2D eigenvalue weighted by molar-refractivity contribution is 9.10. The number of nitrogens with two attached hydrogens (primary N) is 1. The highest BCUT2D eigenvalue weighted by Gasteiger charge is 2.14. The summed E-state index contributed by atoms with van der Waals surface area (Å²) in [6.07, 6.45) is 1.50. The Bertz CT molecular complexity index is 1300. The average molecular weight is 581 g/mol. The number of carbonyl (C=O) groups excluding carboxylic acids is 1. The number of hydrazone groups is 1. The molecule has 15 heteroatoms. The molecule has 4 aromatic rings. The normalized spacial score (nSPS) is 11.2. The molecule has 0 saturated heterocycles. The van der Waals surface area contributed by atoms with Gasteiger partial charge in [0.05, 0.1) is 12.0 Å². The number of nitrogens with one attached hydrogen (secondary N) is 2. The number of halogens is 1. The number of carbonyl (C=O) groups is 1. The molecule has 0 bridgehead atoms. The Morgan fingerprint density at radius 1 is 1.26 bits per heavy atom. The summed E-state index contributed by atoms with van der Waals surface area (Å²) >= 11 is 7.47. The van der Waals surface area contributed by atoms with Crippen LogP contribution < -0.4 is 16.6 Å². The van der Waals surface area contributed by atoms with Gasteiger partial charge >= 0.3 is 0 Å². The second-order valence-electron chi connectivity index (χ2n) is 6.62. The van der Waals surface area contributed by atoms with Crippen molar-refractivity contribution in [1.82, 2.24) is 25.1 Å². The highest BCUT2D eigenvalue weighted by atomic mass is 79.9. The van der Waals surface area contributed by atoms with Gasteiger partial charge in [-0.25, -0.2) is 10.1 Å². The Morgan fingerprint density at radius 2 is 2.15 bits per heavy atom. The molecule has 0 spiro atoms. The lowest BCUT2D eigenvalue weighted by Crippen LogP contribution is -2.16. The van der Waals surface area contributed by atoms with Crippen LogP contribution in [0.3, 0.4) is 0 Å². The van der Waals surface area contributed by atoms with Crippen molar-refractivity contribution >= 4 is 74.0 Å². The van der Waals surface area contributed by atoms with E-state index in [-0.39, 0.29) is 17.6 Å². The molecule has 4 rings (SSSR count). The van der Waals surface area contributed by atoms with E-state index >= 15 is 0 Å². The van der Waals surface area contributed by atoms with E-state index in [0.29, 0.717) is 16.0 Å². The Kier molecular flexibility index (Phi) is 8.21. The zero-order chi connectivity index (χ0) is 23.9. The van der Waals surface area contributed by atoms with Crippen molar-refractivity contribution in [2.75, 3.05) is 22.3 Å². The molecule has 1 amide bonds. The molecule has 0 aliphatic carbocycles. The molecule has 1 aromatic carbocycles. The minimum atomic E-state index is -0.256. The number of aromatic nitrogens is 5. The summed E-state index contributed by atoms with van der Waals surface area (Å²) in [5.74, 6) is 8.14. The van der Waals surface area contributed by atoms with Crippen molar-refractivity contribution < 1.29 is 9.21 Å². The number of furan rings is 1. The molecule has 176 valence electrons. The molecule has 0 aliphatic rings. The third-order valence-corrected chi connectivity index (χ3v) is 7.50. The fraction of sp³-hybridized carbons (Fsp3) is 0.158. The molecule has 0 unspecified atom stereocenters. The molecule has 4 N–H and O–H groups in total. The molecule has 34 heavy (non-hydrogen) atoms. The first-order valence-corrected chi connectivity index (χ1v) is 13.2. The van der Waals surface area contributed by atoms with Gasteiger partial charge in [0.15, 0.2) is 4.34 Å². The summed E-state index contributed by atoms with van der Waals surface area (Å²) in [5.41, 5.74) is 3.85. The quantitative estimate of drug-likeness (QED) is 0.0827. The van der Waals surface area contributed by atoms with Crippen LogP contribution in [0.15, 0.2) is 59.9 Å². The Morgan fingerprint density at radius 3 is 2.94 bits per heavy atom. The van der Waals surface area contributed by atoms with Gasteiger partial charge in [0, 0.05) is 10.2 Å². The number of rotatable bonds is 10. The monoisotopic (exact) mass is 579 g/mol. The Labute approximate surface area is 215 Å². The van der Waals surface area contributed by atoms with Crippen LogP contribution >= 0.6 is 50.8 Å². The van der Waals surface area contributed by atoms with E-state index in [4.69, 9.17) is 10.3 Å². The number of hydrogen-bond donors (Lipinski definition) is 3. The summed E-state index contributed by atoms with van der Waals surface area (Å²) in [7, 11) is 0. The molecule has 0 atom stereocenters. The van der Waals surface area contributed by atoms with E-state index in [1.54, 1.807) is 17.8 Å². The minimum absolute atomic E-state index is 0.0738. The van der Waals surface area contributed by atoms with E-state index in [9.17, 15) is 4.79 Å². The maximum atomic E-state index is 12.3. The number of amides is 1. The molecule has 3 aromatic heterocycles. The lowest BCUT2D eigenvalue weighted by molar-refractivity contribution is -0.113. The maximum Gasteiger partial charge on any atom is 0.264 e. The molecule has 3 heterocycles. The summed E-state index contributed by atoms with van der Waals surface area (Å²) in [6.45, 7) is 1.84. The molecular weight excluding hydrogens is 562 g/mol. The SMILES string of the molecule is Cc1ccc(/C=N/Nc2nnc(SCC(=O)Nc3nnc(SCc4cccc(Br)c4)s3)n2N)o1. The molecule has 11 nitrogen and oxygen atoms in total. The fourth-order valence-electron chi connectivity index (χ4n) is 2.50. The zero-order valence-electron chi connectivity index (χ0n) is 17.6. The van der Waals surface area contributed by atoms with Crippen molar-refractivity contribution in [3.05, 3.63) is 58.0 Å². The van der Waals surface area contributed by atoms with Gasteiger partial charge in [-0.05, 0) is 36.8 Å². The summed E-state index contributed by atoms with van der Waals surface area (Å²) in [4.78, 5) is 12.3. The number of nitrogens with zero attached hydrogens (tertiary/aromatic N) is 6. The van der Waals surface area contributed by atoms with Gasteiger partial charge < -0.3 is 10.3 Å². The number of thioether (sulfide) groups is 2. The van der Waals surface area contributed by atoms with Crippen molar-refractivity contribution in [2.24, 2.45) is 5.10 Å². The molecule has 0 saturated carbocycles. The summed E-state index contributed by atoms with van der Waals surface area (Å²) in [5, 5.41) is 23.6. The van der Waals surface area contributed by atoms with Gasteiger partial charge in [-0.15, -0.1) is 20.4 Å². The average Bonchev–Trinajstić information content (AvgIpc) is 3.52. The van der Waals surface area contributed by atoms with Crippen LogP contribution in [-0.2, 0) is 10.5 Å². The van der Waals surface area contributed by atoms with Crippen LogP contribution in [0.5, 0.6) is 0 Å². The van der Waals surface area contributed by atoms with E-state index in [1.807, 2.05) is 31.2 Å². The van der Waals surface area contributed by atoms with Crippen molar-refractivity contribution in [2.45, 2.75) is 22.2 Å². The molecule has 0 fully saturated rings. The largest absolute Gasteiger partial charge is 0.460 e. The Hall–Kier alpha value is -2.88. The maximum absolute atomic E-state index is 12.3. The Balaban J connectivity index is 1.23. The van der Waals surface area contributed by atoms with Crippen LogP contribution in [-0.4, -0.2) is 42.9 Å². The lowest BCUT2D eigenvalue weighted by atomic mass is 10.2. The number of aryl methyl sites for hydroxylation is 1. The number of hydrogen-bond acceptors (Lipinski definition) is 12. The van der Waals surface area contributed by atoms with E-state index in [1.165, 1.54) is 22.2 Å². The second kappa shape index (κ2) is 11.5. The second-order valence-corrected chi connectivity index (χ2v) is 10.7. The first-order valence-electron chi connectivity index (χ1n) is 9.65. The predicted octanol–water partition coefficient (Wildman–Crippen LogP) is 3.98. The number of nitrogen functional groups attached to an aromatic ring is 1. The van der Waals surface area contributed by atoms with E-state index in [0.717, 1.165) is 37.7 Å². The van der Waals surface area contributed by atoms with Crippen molar-refractivity contribution in [3.63, 3.8) is 0 Å². The first kappa shape index (κ1) is 24.3. The van der Waals surface area contributed by atoms with Crippen LogP contribution in [0.4, 0.5) is 11.1 Å². The topological polar surface area (TPSA) is 149 Å². The van der Waals surface area contributed by atoms with E-state index < -0.39 is 0 Å². The standard InChI is InChI=1S/C19H18BrN9O2S3/c1-11-5-6-14(31-11)8-22-24-16-25-27-18(29(16)21)32-10-15(30)23-17-26-28-19(34-17)33-9-12-3-2-4-13(20)7-12/h2-8H,9-10,21H2,1H3,(H,24,25)(H,23,26,30)/b22-8+. The van der Waals surface area contributed by atoms with Crippen molar-refractivity contribution in [3.8, 4) is 0 Å². The smallest absolute Gasteiger partial charge is 0.264 e. The van der Waals surface area contributed by atoms with Gasteiger partial charge in [-0.1, -0.05) is 62.9 Å². The predicted molar refractivity (Wildman–Crippen MR) is 138 cm³/mol. The summed E-state index contributed by atoms with van der Waals surface area (Å²) < 4.78 is 8.40. The molecule has 0 radical (unpaired) electrons. The van der Waals surface area contributed by atoms with Crippen LogP contribution in [0, 0.1) is 6.92 Å². The third-order valence-electron chi connectivity index (χ3n) is 4.02. The fourth-order valence-corrected chi connectivity index (χ4v) is 5.32. The summed E-state index contributed by atoms with van der Waals surface area (Å²) in [6, 6.07) is 11.7. The number of benzene rings is 1. The van der Waals surface area contributed by atoms with Gasteiger partial charge in [0.2, 0.25) is 16.2 Å². The number of anilines is 2. The van der Waals surface area contributed by atoms with Gasteiger partial charge in [-0.2, -0.15) is 5.10 Å². The highest BCUT2D eigenvalue weighted by Crippen LogP contribution is 2.29. The molecule has 0 aliphatic heterocycles. The van der Waals surface area contributed by atoms with Gasteiger partial charge in [0.25, 0.3) is 5.95 Å². The lowest BCUT2D eigenvalue weighted by Gasteiger charge is -2.02. The first-order chi connectivity index (χ1) is 16.5. The van der Waals surface area contributed by atoms with Crippen LogP contribution in [0.1, 0.15) is 17.1 Å². The van der Waals surface area contributed by atoms with Gasteiger partial charge in [0.1, 0.15) is 11.5 Å². The third kappa shape index (κ3) is 6.82. The minimum Gasteiger partial charge on any atom is -0.460 e. The van der Waals surface area contributed by atoms with Gasteiger partial charge in [-0.3, -0.25) is 10.1 Å². The van der Waals surface area contributed by atoms with E-state index in [2.05, 4.69) is 58.2 Å². The molecular formula is C19H18BrN9O2S3.